The van der Waals surface area contributed by atoms with E-state index < -0.39 is 6.10 Å². The lowest BCUT2D eigenvalue weighted by atomic mass is 10.1. The summed E-state index contributed by atoms with van der Waals surface area (Å²) >= 11 is 0. The molecule has 0 saturated heterocycles. The first-order valence-corrected chi connectivity index (χ1v) is 4.78. The van der Waals surface area contributed by atoms with Gasteiger partial charge in [-0.25, -0.2) is 0 Å². The summed E-state index contributed by atoms with van der Waals surface area (Å²) in [5.74, 6) is 1.20. The van der Waals surface area contributed by atoms with Crippen molar-refractivity contribution in [3.63, 3.8) is 0 Å². The topological polar surface area (TPSA) is 58.9 Å². The summed E-state index contributed by atoms with van der Waals surface area (Å²) in [4.78, 5) is 0. The van der Waals surface area contributed by atoms with Crippen LogP contribution in [0.15, 0.2) is 18.2 Å². The minimum Gasteiger partial charge on any atom is -0.497 e. The second-order valence-corrected chi connectivity index (χ2v) is 3.15. The van der Waals surface area contributed by atoms with Crippen molar-refractivity contribution >= 4 is 0 Å². The standard InChI is InChI=1S/C11H16O4/c1-8(13)10-4-3-9(14-2)7-11(10)15-6-5-12/h3-4,7-8,12-13H,5-6H2,1-2H3/t8-/m0/s1. The monoisotopic (exact) mass is 212 g/mol. The molecular weight excluding hydrogens is 196 g/mol. The van der Waals surface area contributed by atoms with Gasteiger partial charge in [-0.15, -0.1) is 0 Å². The van der Waals surface area contributed by atoms with E-state index in [4.69, 9.17) is 14.6 Å². The number of ether oxygens (including phenoxy) is 2. The van der Waals surface area contributed by atoms with Crippen LogP contribution in [0.3, 0.4) is 0 Å². The average molecular weight is 212 g/mol. The summed E-state index contributed by atoms with van der Waals surface area (Å²) < 4.78 is 10.3. The molecule has 2 N–H and O–H groups in total. The molecule has 0 spiro atoms. The number of methoxy groups -OCH3 is 1. The van der Waals surface area contributed by atoms with Crippen molar-refractivity contribution in [2.45, 2.75) is 13.0 Å². The van der Waals surface area contributed by atoms with Crippen LogP contribution in [0.25, 0.3) is 0 Å². The zero-order chi connectivity index (χ0) is 11.3. The third kappa shape index (κ3) is 3.11. The predicted molar refractivity (Wildman–Crippen MR) is 56.2 cm³/mol. The van der Waals surface area contributed by atoms with Crippen molar-refractivity contribution in [2.24, 2.45) is 0 Å². The largest absolute Gasteiger partial charge is 0.497 e. The smallest absolute Gasteiger partial charge is 0.128 e. The van der Waals surface area contributed by atoms with Crippen molar-refractivity contribution in [3.8, 4) is 11.5 Å². The summed E-state index contributed by atoms with van der Waals surface area (Å²) in [5, 5.41) is 18.1. The summed E-state index contributed by atoms with van der Waals surface area (Å²) in [5.41, 5.74) is 0.684. The van der Waals surface area contributed by atoms with Crippen LogP contribution in [0.4, 0.5) is 0 Å². The second-order valence-electron chi connectivity index (χ2n) is 3.15. The fourth-order valence-electron chi connectivity index (χ4n) is 1.27. The molecule has 4 heteroatoms. The molecule has 0 bridgehead atoms. The number of rotatable bonds is 5. The number of hydrogen-bond donors (Lipinski definition) is 2. The van der Waals surface area contributed by atoms with Crippen LogP contribution in [-0.4, -0.2) is 30.5 Å². The normalized spacial score (nSPS) is 12.3. The minimum absolute atomic E-state index is 0.0591. The van der Waals surface area contributed by atoms with Gasteiger partial charge >= 0.3 is 0 Å². The average Bonchev–Trinajstić information content (AvgIpc) is 2.25. The van der Waals surface area contributed by atoms with E-state index in [-0.39, 0.29) is 13.2 Å². The van der Waals surface area contributed by atoms with Gasteiger partial charge in [-0.05, 0) is 19.1 Å². The van der Waals surface area contributed by atoms with Crippen molar-refractivity contribution < 1.29 is 19.7 Å². The molecule has 1 aromatic carbocycles. The van der Waals surface area contributed by atoms with E-state index in [1.165, 1.54) is 0 Å². The highest BCUT2D eigenvalue weighted by atomic mass is 16.5. The Morgan fingerprint density at radius 1 is 1.40 bits per heavy atom. The molecule has 0 amide bonds. The summed E-state index contributed by atoms with van der Waals surface area (Å²) in [6.07, 6.45) is -0.607. The van der Waals surface area contributed by atoms with E-state index in [1.54, 1.807) is 32.2 Å². The Labute approximate surface area is 89.1 Å². The van der Waals surface area contributed by atoms with Crippen molar-refractivity contribution in [1.82, 2.24) is 0 Å². The molecule has 1 rings (SSSR count). The Bertz CT molecular complexity index is 309. The fourth-order valence-corrected chi connectivity index (χ4v) is 1.27. The lowest BCUT2D eigenvalue weighted by Crippen LogP contribution is -2.05. The van der Waals surface area contributed by atoms with E-state index in [0.29, 0.717) is 17.1 Å². The van der Waals surface area contributed by atoms with Gasteiger partial charge in [-0.2, -0.15) is 0 Å². The molecule has 1 aromatic rings. The molecule has 0 aliphatic heterocycles. The van der Waals surface area contributed by atoms with Crippen molar-refractivity contribution in [1.29, 1.82) is 0 Å². The number of hydrogen-bond acceptors (Lipinski definition) is 4. The van der Waals surface area contributed by atoms with Crippen LogP contribution in [0.5, 0.6) is 11.5 Å². The zero-order valence-corrected chi connectivity index (χ0v) is 8.93. The van der Waals surface area contributed by atoms with Crippen LogP contribution in [0.2, 0.25) is 0 Å². The summed E-state index contributed by atoms with van der Waals surface area (Å²) in [6.45, 7) is 1.80. The van der Waals surface area contributed by atoms with Gasteiger partial charge in [0.25, 0.3) is 0 Å². The van der Waals surface area contributed by atoms with E-state index in [9.17, 15) is 5.11 Å². The maximum Gasteiger partial charge on any atom is 0.128 e. The molecule has 0 unspecified atom stereocenters. The quantitative estimate of drug-likeness (QED) is 0.768. The Hall–Kier alpha value is -1.26. The molecule has 4 nitrogen and oxygen atoms in total. The molecule has 0 saturated carbocycles. The number of aliphatic hydroxyl groups excluding tert-OH is 2. The minimum atomic E-state index is -0.607. The van der Waals surface area contributed by atoms with Gasteiger partial charge in [0.15, 0.2) is 0 Å². The van der Waals surface area contributed by atoms with Crippen LogP contribution >= 0.6 is 0 Å². The lowest BCUT2D eigenvalue weighted by Gasteiger charge is -2.13. The molecule has 84 valence electrons. The molecule has 0 aliphatic rings. The molecule has 0 aliphatic carbocycles. The van der Waals surface area contributed by atoms with Gasteiger partial charge in [0.2, 0.25) is 0 Å². The third-order valence-electron chi connectivity index (χ3n) is 2.02. The maximum absolute atomic E-state index is 9.48. The number of aliphatic hydroxyl groups is 2. The van der Waals surface area contributed by atoms with Gasteiger partial charge in [0.05, 0.1) is 19.8 Å². The van der Waals surface area contributed by atoms with Gasteiger partial charge in [-0.3, -0.25) is 0 Å². The Kier molecular flexibility index (Phi) is 4.39. The lowest BCUT2D eigenvalue weighted by molar-refractivity contribution is 0.176. The number of benzene rings is 1. The molecular formula is C11H16O4. The second kappa shape index (κ2) is 5.58. The van der Waals surface area contributed by atoms with E-state index in [1.807, 2.05) is 0 Å². The van der Waals surface area contributed by atoms with E-state index in [0.717, 1.165) is 0 Å². The molecule has 15 heavy (non-hydrogen) atoms. The van der Waals surface area contributed by atoms with Crippen LogP contribution < -0.4 is 9.47 Å². The molecule has 0 fully saturated rings. The Morgan fingerprint density at radius 3 is 2.67 bits per heavy atom. The van der Waals surface area contributed by atoms with Crippen molar-refractivity contribution in [2.75, 3.05) is 20.3 Å². The molecule has 1 atom stereocenters. The highest BCUT2D eigenvalue weighted by molar-refractivity contribution is 5.41. The zero-order valence-electron chi connectivity index (χ0n) is 8.93. The highest BCUT2D eigenvalue weighted by Gasteiger charge is 2.10. The molecule has 0 radical (unpaired) electrons. The molecule has 0 heterocycles. The Morgan fingerprint density at radius 2 is 2.13 bits per heavy atom. The fraction of sp³-hybridized carbons (Fsp3) is 0.455. The van der Waals surface area contributed by atoms with Gasteiger partial charge in [0.1, 0.15) is 18.1 Å². The first-order chi connectivity index (χ1) is 7.19. The van der Waals surface area contributed by atoms with Gasteiger partial charge < -0.3 is 19.7 Å². The first kappa shape index (κ1) is 11.8. The summed E-state index contributed by atoms with van der Waals surface area (Å²) in [6, 6.07) is 5.20. The highest BCUT2D eigenvalue weighted by Crippen LogP contribution is 2.29. The first-order valence-electron chi connectivity index (χ1n) is 4.78. The maximum atomic E-state index is 9.48. The van der Waals surface area contributed by atoms with E-state index in [2.05, 4.69) is 0 Å². The van der Waals surface area contributed by atoms with E-state index >= 15 is 0 Å². The van der Waals surface area contributed by atoms with Gasteiger partial charge in [-0.1, -0.05) is 0 Å². The third-order valence-corrected chi connectivity index (χ3v) is 2.02. The van der Waals surface area contributed by atoms with Crippen LogP contribution in [0, 0.1) is 0 Å². The van der Waals surface area contributed by atoms with Gasteiger partial charge in [0, 0.05) is 11.6 Å². The van der Waals surface area contributed by atoms with Crippen molar-refractivity contribution in [3.05, 3.63) is 23.8 Å². The van der Waals surface area contributed by atoms with Crippen LogP contribution in [-0.2, 0) is 0 Å². The Balaban J connectivity index is 2.94. The SMILES string of the molecule is COc1ccc([C@H](C)O)c(OCCO)c1. The predicted octanol–water partition coefficient (Wildman–Crippen LogP) is 1.12. The van der Waals surface area contributed by atoms with Crippen LogP contribution in [0.1, 0.15) is 18.6 Å². The summed E-state index contributed by atoms with van der Waals surface area (Å²) in [7, 11) is 1.56. The molecule has 0 aromatic heterocycles.